The molecule has 2 aromatic rings. The van der Waals surface area contributed by atoms with E-state index in [-0.39, 0.29) is 0 Å². The molecular weight excluding hydrogens is 200 g/mol. The molecule has 1 aliphatic rings. The summed E-state index contributed by atoms with van der Waals surface area (Å²) in [5.74, 6) is 0.326. The van der Waals surface area contributed by atoms with Crippen molar-refractivity contribution in [3.05, 3.63) is 29.5 Å². The Balaban J connectivity index is 2.25. The van der Waals surface area contributed by atoms with E-state index >= 15 is 0 Å². The number of fused-ring (bicyclic) bond motifs is 3. The minimum absolute atomic E-state index is 0.326. The van der Waals surface area contributed by atoms with E-state index in [1.165, 1.54) is 16.6 Å². The Labute approximate surface area is 94.7 Å². The zero-order chi connectivity index (χ0) is 11.3. The van der Waals surface area contributed by atoms with E-state index in [9.17, 15) is 5.11 Å². The molecular formula is C13H16N2O. The van der Waals surface area contributed by atoms with Crippen molar-refractivity contribution in [3.63, 3.8) is 0 Å². The van der Waals surface area contributed by atoms with Crippen LogP contribution in [0.15, 0.2) is 18.2 Å². The summed E-state index contributed by atoms with van der Waals surface area (Å²) in [4.78, 5) is 5.78. The molecule has 3 heteroatoms. The van der Waals surface area contributed by atoms with Crippen LogP contribution in [-0.2, 0) is 6.42 Å². The van der Waals surface area contributed by atoms with Gasteiger partial charge in [0.05, 0.1) is 0 Å². The van der Waals surface area contributed by atoms with Crippen LogP contribution in [0.2, 0.25) is 0 Å². The van der Waals surface area contributed by atoms with E-state index in [0.717, 1.165) is 18.5 Å². The molecule has 1 aliphatic heterocycles. The number of phenolic OH excluding ortho intramolecular Hbond substituents is 1. The third kappa shape index (κ3) is 1.25. The molecule has 0 bridgehead atoms. The SMILES string of the molecule is C[C@@H]1c2[nH]c3cc(O)ccc3c2CCN1C. The highest BCUT2D eigenvalue weighted by Gasteiger charge is 2.24. The number of aromatic nitrogens is 1. The summed E-state index contributed by atoms with van der Waals surface area (Å²) in [5, 5.41) is 10.7. The maximum Gasteiger partial charge on any atom is 0.117 e. The summed E-state index contributed by atoms with van der Waals surface area (Å²) in [6, 6.07) is 6.01. The summed E-state index contributed by atoms with van der Waals surface area (Å²) in [7, 11) is 2.15. The fourth-order valence-corrected chi connectivity index (χ4v) is 2.59. The number of phenols is 1. The van der Waals surface area contributed by atoms with Gasteiger partial charge in [-0.3, -0.25) is 4.90 Å². The first-order valence-electron chi connectivity index (χ1n) is 5.70. The van der Waals surface area contributed by atoms with E-state index in [1.54, 1.807) is 12.1 Å². The Morgan fingerprint density at radius 1 is 1.44 bits per heavy atom. The molecule has 2 N–H and O–H groups in total. The van der Waals surface area contributed by atoms with Crippen LogP contribution in [0.3, 0.4) is 0 Å². The molecule has 0 radical (unpaired) electrons. The number of nitrogens with one attached hydrogen (secondary N) is 1. The Hall–Kier alpha value is -1.48. The Morgan fingerprint density at radius 2 is 2.25 bits per heavy atom. The van der Waals surface area contributed by atoms with Gasteiger partial charge in [0, 0.05) is 35.2 Å². The smallest absolute Gasteiger partial charge is 0.117 e. The molecule has 0 spiro atoms. The molecule has 0 saturated carbocycles. The van der Waals surface area contributed by atoms with Crippen LogP contribution in [0, 0.1) is 0 Å². The van der Waals surface area contributed by atoms with Gasteiger partial charge in [0.15, 0.2) is 0 Å². The number of H-pyrrole nitrogens is 1. The number of likely N-dealkylation sites (N-methyl/N-ethyl adjacent to an activating group) is 1. The predicted molar refractivity (Wildman–Crippen MR) is 64.7 cm³/mol. The summed E-state index contributed by atoms with van der Waals surface area (Å²) < 4.78 is 0. The van der Waals surface area contributed by atoms with Crippen LogP contribution in [0.4, 0.5) is 0 Å². The first-order valence-corrected chi connectivity index (χ1v) is 5.70. The largest absolute Gasteiger partial charge is 0.508 e. The van der Waals surface area contributed by atoms with Gasteiger partial charge in [0.2, 0.25) is 0 Å². The van der Waals surface area contributed by atoms with Gasteiger partial charge in [-0.15, -0.1) is 0 Å². The summed E-state index contributed by atoms with van der Waals surface area (Å²) in [6.45, 7) is 3.31. The van der Waals surface area contributed by atoms with Crippen LogP contribution >= 0.6 is 0 Å². The van der Waals surface area contributed by atoms with Crippen molar-refractivity contribution in [1.29, 1.82) is 0 Å². The third-order valence-electron chi connectivity index (χ3n) is 3.72. The molecule has 3 rings (SSSR count). The number of nitrogens with zero attached hydrogens (tertiary/aromatic N) is 1. The highest BCUT2D eigenvalue weighted by atomic mass is 16.3. The van der Waals surface area contributed by atoms with Crippen molar-refractivity contribution >= 4 is 10.9 Å². The maximum atomic E-state index is 9.48. The van der Waals surface area contributed by atoms with Crippen molar-refractivity contribution in [3.8, 4) is 5.75 Å². The monoisotopic (exact) mass is 216 g/mol. The van der Waals surface area contributed by atoms with Gasteiger partial charge in [-0.1, -0.05) is 0 Å². The summed E-state index contributed by atoms with van der Waals surface area (Å²) >= 11 is 0. The lowest BCUT2D eigenvalue weighted by Gasteiger charge is -2.29. The second kappa shape index (κ2) is 3.25. The molecule has 1 atom stereocenters. The second-order valence-corrected chi connectivity index (χ2v) is 4.65. The minimum Gasteiger partial charge on any atom is -0.508 e. The van der Waals surface area contributed by atoms with Crippen molar-refractivity contribution in [2.24, 2.45) is 0 Å². The molecule has 0 saturated heterocycles. The molecule has 1 aromatic heterocycles. The Morgan fingerprint density at radius 3 is 3.06 bits per heavy atom. The first-order chi connectivity index (χ1) is 7.66. The second-order valence-electron chi connectivity index (χ2n) is 4.65. The number of hydrogen-bond acceptors (Lipinski definition) is 2. The lowest BCUT2D eigenvalue weighted by Crippen LogP contribution is -2.30. The van der Waals surface area contributed by atoms with E-state index in [4.69, 9.17) is 0 Å². The van der Waals surface area contributed by atoms with Gasteiger partial charge < -0.3 is 10.1 Å². The molecule has 3 nitrogen and oxygen atoms in total. The Kier molecular flexibility index (Phi) is 1.98. The highest BCUT2D eigenvalue weighted by Crippen LogP contribution is 2.34. The predicted octanol–water partition coefficient (Wildman–Crippen LogP) is 2.42. The fraction of sp³-hybridized carbons (Fsp3) is 0.385. The Bertz CT molecular complexity index is 544. The number of benzene rings is 1. The topological polar surface area (TPSA) is 39.3 Å². The van der Waals surface area contributed by atoms with Crippen molar-refractivity contribution in [1.82, 2.24) is 9.88 Å². The zero-order valence-corrected chi connectivity index (χ0v) is 9.62. The van der Waals surface area contributed by atoms with E-state index in [2.05, 4.69) is 23.9 Å². The highest BCUT2D eigenvalue weighted by molar-refractivity contribution is 5.86. The van der Waals surface area contributed by atoms with Crippen LogP contribution in [0.5, 0.6) is 5.75 Å². The van der Waals surface area contributed by atoms with Gasteiger partial charge >= 0.3 is 0 Å². The molecule has 0 amide bonds. The van der Waals surface area contributed by atoms with Crippen LogP contribution in [0.1, 0.15) is 24.2 Å². The molecule has 16 heavy (non-hydrogen) atoms. The standard InChI is InChI=1S/C13H16N2O/c1-8-13-11(5-6-15(8)2)10-4-3-9(16)7-12(10)14-13/h3-4,7-8,14,16H,5-6H2,1-2H3/t8-/m1/s1. The normalized spacial score (nSPS) is 21.2. The van der Waals surface area contributed by atoms with Crippen molar-refractivity contribution in [2.45, 2.75) is 19.4 Å². The van der Waals surface area contributed by atoms with Crippen LogP contribution in [-0.4, -0.2) is 28.6 Å². The number of aromatic amines is 1. The molecule has 0 unspecified atom stereocenters. The number of rotatable bonds is 0. The van der Waals surface area contributed by atoms with Gasteiger partial charge in [0.1, 0.15) is 5.75 Å². The van der Waals surface area contributed by atoms with Crippen molar-refractivity contribution < 1.29 is 5.11 Å². The van der Waals surface area contributed by atoms with Crippen LogP contribution in [0.25, 0.3) is 10.9 Å². The van der Waals surface area contributed by atoms with Crippen LogP contribution < -0.4 is 0 Å². The number of aromatic hydroxyl groups is 1. The average molecular weight is 216 g/mol. The lowest BCUT2D eigenvalue weighted by atomic mass is 9.99. The third-order valence-corrected chi connectivity index (χ3v) is 3.72. The summed E-state index contributed by atoms with van der Waals surface area (Å²) in [6.07, 6.45) is 1.08. The van der Waals surface area contributed by atoms with E-state index < -0.39 is 0 Å². The molecule has 0 fully saturated rings. The molecule has 1 aromatic carbocycles. The van der Waals surface area contributed by atoms with Crippen molar-refractivity contribution in [2.75, 3.05) is 13.6 Å². The van der Waals surface area contributed by atoms with E-state index in [0.29, 0.717) is 11.8 Å². The quantitative estimate of drug-likeness (QED) is 0.710. The van der Waals surface area contributed by atoms with Gasteiger partial charge in [-0.2, -0.15) is 0 Å². The summed E-state index contributed by atoms with van der Waals surface area (Å²) in [5.41, 5.74) is 3.77. The minimum atomic E-state index is 0.326. The van der Waals surface area contributed by atoms with Gasteiger partial charge in [0.25, 0.3) is 0 Å². The molecule has 2 heterocycles. The van der Waals surface area contributed by atoms with Gasteiger partial charge in [-0.25, -0.2) is 0 Å². The lowest BCUT2D eigenvalue weighted by molar-refractivity contribution is 0.244. The average Bonchev–Trinajstić information content (AvgIpc) is 2.62. The first kappa shape index (κ1) is 9.73. The molecule has 84 valence electrons. The molecule has 0 aliphatic carbocycles. The number of hydrogen-bond donors (Lipinski definition) is 2. The maximum absolute atomic E-state index is 9.48. The van der Waals surface area contributed by atoms with Gasteiger partial charge in [-0.05, 0) is 38.1 Å². The zero-order valence-electron chi connectivity index (χ0n) is 9.62. The fourth-order valence-electron chi connectivity index (χ4n) is 2.59. The van der Waals surface area contributed by atoms with E-state index in [1.807, 2.05) is 6.07 Å².